The second-order valence-corrected chi connectivity index (χ2v) is 6.34. The predicted molar refractivity (Wildman–Crippen MR) is 92.5 cm³/mol. The van der Waals surface area contributed by atoms with Gasteiger partial charge in [0.2, 0.25) is 0 Å². The molecule has 2 rings (SSSR count). The number of anilines is 1. The molecule has 0 atom stereocenters. The molecule has 104 valence electrons. The van der Waals surface area contributed by atoms with Gasteiger partial charge in [-0.3, -0.25) is 4.79 Å². The Morgan fingerprint density at radius 2 is 2.00 bits per heavy atom. The van der Waals surface area contributed by atoms with Crippen LogP contribution in [0.4, 0.5) is 5.69 Å². The Kier molecular flexibility index (Phi) is 5.04. The number of nitrogens with one attached hydrogen (secondary N) is 1. The number of rotatable bonds is 3. The molecule has 0 radical (unpaired) electrons. The number of hydrogen-bond acceptors (Lipinski definition) is 2. The number of carbonyl (C=O) groups excluding carboxylic acids is 1. The van der Waals surface area contributed by atoms with Crippen molar-refractivity contribution in [2.45, 2.75) is 6.92 Å². The van der Waals surface area contributed by atoms with Crippen LogP contribution in [0.3, 0.4) is 0 Å². The van der Waals surface area contributed by atoms with Gasteiger partial charge in [0.25, 0.3) is 5.91 Å². The third kappa shape index (κ3) is 3.52. The molecule has 1 amide bonds. The minimum Gasteiger partial charge on any atom is -0.496 e. The van der Waals surface area contributed by atoms with Gasteiger partial charge in [-0.05, 0) is 65.4 Å². The molecule has 0 saturated heterocycles. The zero-order valence-corrected chi connectivity index (χ0v) is 14.8. The molecule has 0 aliphatic carbocycles. The van der Waals surface area contributed by atoms with Crippen molar-refractivity contribution in [2.24, 2.45) is 0 Å². The van der Waals surface area contributed by atoms with Crippen LogP contribution in [0.25, 0.3) is 0 Å². The van der Waals surface area contributed by atoms with Crippen LogP contribution >= 0.6 is 38.5 Å². The molecule has 0 aliphatic heterocycles. The first kappa shape index (κ1) is 15.3. The fourth-order valence-electron chi connectivity index (χ4n) is 1.72. The van der Waals surface area contributed by atoms with Crippen molar-refractivity contribution in [2.75, 3.05) is 12.4 Å². The first-order valence-corrected chi connectivity index (χ1v) is 7.79. The van der Waals surface area contributed by atoms with E-state index in [4.69, 9.17) is 4.74 Å². The number of aryl methyl sites for hydroxylation is 1. The normalized spacial score (nSPS) is 10.2. The van der Waals surface area contributed by atoms with E-state index in [0.29, 0.717) is 11.3 Å². The minimum absolute atomic E-state index is 0.186. The van der Waals surface area contributed by atoms with E-state index >= 15 is 0 Å². The molecule has 0 bridgehead atoms. The van der Waals surface area contributed by atoms with Gasteiger partial charge in [-0.1, -0.05) is 22.0 Å². The average molecular weight is 446 g/mol. The highest BCUT2D eigenvalue weighted by Crippen LogP contribution is 2.25. The molecule has 2 aromatic carbocycles. The van der Waals surface area contributed by atoms with E-state index in [1.54, 1.807) is 19.2 Å². The van der Waals surface area contributed by atoms with E-state index in [1.165, 1.54) is 5.56 Å². The van der Waals surface area contributed by atoms with Crippen LogP contribution in [0, 0.1) is 10.5 Å². The number of amides is 1. The first-order chi connectivity index (χ1) is 9.51. The number of ether oxygens (including phenoxy) is 1. The summed E-state index contributed by atoms with van der Waals surface area (Å²) in [5, 5.41) is 2.88. The monoisotopic (exact) mass is 445 g/mol. The summed E-state index contributed by atoms with van der Waals surface area (Å²) in [5.74, 6) is 0.354. The lowest BCUT2D eigenvalue weighted by Gasteiger charge is -2.10. The molecule has 0 aromatic heterocycles. The molecule has 5 heteroatoms. The standard InChI is InChI=1S/C15H13BrINO2/c1-9-3-5-11(8-13(9)17)18-15(19)12-6-4-10(16)7-14(12)20-2/h3-8H,1-2H3,(H,18,19). The van der Waals surface area contributed by atoms with Crippen molar-refractivity contribution in [1.82, 2.24) is 0 Å². The fourth-order valence-corrected chi connectivity index (χ4v) is 2.58. The van der Waals surface area contributed by atoms with Crippen LogP contribution in [0.2, 0.25) is 0 Å². The van der Waals surface area contributed by atoms with Gasteiger partial charge in [-0.25, -0.2) is 0 Å². The van der Waals surface area contributed by atoms with Crippen molar-refractivity contribution in [3.8, 4) is 5.75 Å². The van der Waals surface area contributed by atoms with Crippen LogP contribution in [-0.4, -0.2) is 13.0 Å². The van der Waals surface area contributed by atoms with Gasteiger partial charge in [-0.2, -0.15) is 0 Å². The van der Waals surface area contributed by atoms with Crippen molar-refractivity contribution < 1.29 is 9.53 Å². The number of benzene rings is 2. The zero-order valence-electron chi connectivity index (χ0n) is 11.0. The summed E-state index contributed by atoms with van der Waals surface area (Å²) in [6.45, 7) is 2.03. The van der Waals surface area contributed by atoms with Gasteiger partial charge in [-0.15, -0.1) is 0 Å². The third-order valence-electron chi connectivity index (χ3n) is 2.84. The number of methoxy groups -OCH3 is 1. The van der Waals surface area contributed by atoms with Gasteiger partial charge in [0.1, 0.15) is 5.75 Å². The first-order valence-electron chi connectivity index (χ1n) is 5.92. The van der Waals surface area contributed by atoms with Crippen LogP contribution < -0.4 is 10.1 Å². The van der Waals surface area contributed by atoms with E-state index in [-0.39, 0.29) is 5.91 Å². The highest BCUT2D eigenvalue weighted by molar-refractivity contribution is 14.1. The maximum atomic E-state index is 12.3. The van der Waals surface area contributed by atoms with Crippen LogP contribution in [0.15, 0.2) is 40.9 Å². The van der Waals surface area contributed by atoms with Gasteiger partial charge in [0, 0.05) is 13.7 Å². The molecule has 1 N–H and O–H groups in total. The molecule has 2 aromatic rings. The van der Waals surface area contributed by atoms with Gasteiger partial charge >= 0.3 is 0 Å². The predicted octanol–water partition coefficient (Wildman–Crippen LogP) is 4.62. The molecule has 0 spiro atoms. The van der Waals surface area contributed by atoms with Crippen molar-refractivity contribution in [3.05, 3.63) is 55.6 Å². The lowest BCUT2D eigenvalue weighted by molar-refractivity contribution is 0.102. The maximum absolute atomic E-state index is 12.3. The smallest absolute Gasteiger partial charge is 0.259 e. The number of halogens is 2. The Labute approximate surface area is 140 Å². The molecule has 20 heavy (non-hydrogen) atoms. The van der Waals surface area contributed by atoms with Crippen LogP contribution in [0.5, 0.6) is 5.75 Å². The average Bonchev–Trinajstić information content (AvgIpc) is 2.42. The highest BCUT2D eigenvalue weighted by atomic mass is 127. The third-order valence-corrected chi connectivity index (χ3v) is 4.49. The Hall–Kier alpha value is -1.08. The quantitative estimate of drug-likeness (QED) is 0.700. The molecule has 3 nitrogen and oxygen atoms in total. The van der Waals surface area contributed by atoms with Crippen molar-refractivity contribution in [1.29, 1.82) is 0 Å². The highest BCUT2D eigenvalue weighted by Gasteiger charge is 2.13. The second kappa shape index (κ2) is 6.58. The summed E-state index contributed by atoms with van der Waals surface area (Å²) in [4.78, 5) is 12.3. The lowest BCUT2D eigenvalue weighted by Crippen LogP contribution is -2.13. The van der Waals surface area contributed by atoms with E-state index < -0.39 is 0 Å². The summed E-state index contributed by atoms with van der Waals surface area (Å²) < 4.78 is 7.22. The van der Waals surface area contributed by atoms with Crippen LogP contribution in [0.1, 0.15) is 15.9 Å². The summed E-state index contributed by atoms with van der Waals surface area (Å²) in [5.41, 5.74) is 2.46. The largest absolute Gasteiger partial charge is 0.496 e. The van der Waals surface area contributed by atoms with E-state index in [0.717, 1.165) is 13.7 Å². The summed E-state index contributed by atoms with van der Waals surface area (Å²) in [7, 11) is 1.55. The number of carbonyl (C=O) groups is 1. The number of hydrogen-bond donors (Lipinski definition) is 1. The van der Waals surface area contributed by atoms with Gasteiger partial charge in [0.05, 0.1) is 12.7 Å². The topological polar surface area (TPSA) is 38.3 Å². The maximum Gasteiger partial charge on any atom is 0.259 e. The molecular weight excluding hydrogens is 433 g/mol. The Balaban J connectivity index is 2.25. The van der Waals surface area contributed by atoms with Crippen LogP contribution in [-0.2, 0) is 0 Å². The molecule has 0 heterocycles. The zero-order chi connectivity index (χ0) is 14.7. The molecule has 0 aliphatic rings. The second-order valence-electron chi connectivity index (χ2n) is 4.26. The summed E-state index contributed by atoms with van der Waals surface area (Å²) in [6, 6.07) is 11.1. The molecule has 0 fully saturated rings. The molecule has 0 unspecified atom stereocenters. The summed E-state index contributed by atoms with van der Waals surface area (Å²) in [6.07, 6.45) is 0. The fraction of sp³-hybridized carbons (Fsp3) is 0.133. The van der Waals surface area contributed by atoms with Crippen molar-refractivity contribution in [3.63, 3.8) is 0 Å². The van der Waals surface area contributed by atoms with E-state index in [1.807, 2.05) is 31.2 Å². The van der Waals surface area contributed by atoms with Crippen molar-refractivity contribution >= 4 is 50.1 Å². The summed E-state index contributed by atoms with van der Waals surface area (Å²) >= 11 is 5.61. The van der Waals surface area contributed by atoms with E-state index in [9.17, 15) is 4.79 Å². The molecular formula is C15H13BrINO2. The van der Waals surface area contributed by atoms with Gasteiger partial charge in [0.15, 0.2) is 0 Å². The molecule has 0 saturated carbocycles. The lowest BCUT2D eigenvalue weighted by atomic mass is 10.1. The van der Waals surface area contributed by atoms with E-state index in [2.05, 4.69) is 43.8 Å². The SMILES string of the molecule is COc1cc(Br)ccc1C(=O)Nc1ccc(C)c(I)c1. The minimum atomic E-state index is -0.186. The Bertz CT molecular complexity index is 658. The van der Waals surface area contributed by atoms with Gasteiger partial charge < -0.3 is 10.1 Å². The Morgan fingerprint density at radius 3 is 2.65 bits per heavy atom. The Morgan fingerprint density at radius 1 is 1.25 bits per heavy atom.